The molecule has 0 aliphatic carbocycles. The molecule has 30 heavy (non-hydrogen) atoms. The number of benzene rings is 2. The van der Waals surface area contributed by atoms with Crippen LogP contribution in [0.4, 0.5) is 5.69 Å². The summed E-state index contributed by atoms with van der Waals surface area (Å²) in [4.78, 5) is 38.6. The van der Waals surface area contributed by atoms with Gasteiger partial charge >= 0.3 is 0 Å². The number of phenols is 1. The van der Waals surface area contributed by atoms with Crippen LogP contribution >= 0.6 is 0 Å². The van der Waals surface area contributed by atoms with Crippen molar-refractivity contribution in [2.24, 2.45) is 0 Å². The molecule has 2 aromatic rings. The standard InChI is InChI=1S/C21H23N3O6/c1-15-14-17(24(28)29)4-7-19(15)30-13-8-20(26)22-9-11-23(12-10-22)21(27)16-2-5-18(25)6-3-16/h2-7,14,25H,8-13H2,1H3. The first-order chi connectivity index (χ1) is 14.3. The molecule has 3 rings (SSSR count). The van der Waals surface area contributed by atoms with Crippen molar-refractivity contribution >= 4 is 17.5 Å². The number of nitro benzene ring substituents is 1. The van der Waals surface area contributed by atoms with Crippen LogP contribution in [0.3, 0.4) is 0 Å². The maximum Gasteiger partial charge on any atom is 0.269 e. The first-order valence-corrected chi connectivity index (χ1v) is 9.59. The number of amides is 2. The molecule has 0 atom stereocenters. The highest BCUT2D eigenvalue weighted by Crippen LogP contribution is 2.23. The zero-order valence-electron chi connectivity index (χ0n) is 16.6. The molecule has 1 aliphatic heterocycles. The van der Waals surface area contributed by atoms with Gasteiger partial charge in [-0.25, -0.2) is 0 Å². The van der Waals surface area contributed by atoms with Crippen molar-refractivity contribution in [2.75, 3.05) is 32.8 Å². The number of nitro groups is 1. The molecule has 1 aliphatic rings. The van der Waals surface area contributed by atoms with Crippen LogP contribution in [0.1, 0.15) is 22.3 Å². The summed E-state index contributed by atoms with van der Waals surface area (Å²) in [6.45, 7) is 3.65. The summed E-state index contributed by atoms with van der Waals surface area (Å²) in [7, 11) is 0. The molecular weight excluding hydrogens is 390 g/mol. The van der Waals surface area contributed by atoms with Gasteiger partial charge in [0.25, 0.3) is 11.6 Å². The van der Waals surface area contributed by atoms with Gasteiger partial charge in [-0.05, 0) is 42.8 Å². The van der Waals surface area contributed by atoms with Crippen LogP contribution in [0.15, 0.2) is 42.5 Å². The van der Waals surface area contributed by atoms with Gasteiger partial charge in [-0.15, -0.1) is 0 Å². The molecule has 1 saturated heterocycles. The molecule has 1 heterocycles. The predicted octanol–water partition coefficient (Wildman–Crippen LogP) is 2.36. The highest BCUT2D eigenvalue weighted by atomic mass is 16.6. The number of carbonyl (C=O) groups is 2. The monoisotopic (exact) mass is 413 g/mol. The van der Waals surface area contributed by atoms with Crippen LogP contribution in [-0.2, 0) is 4.79 Å². The van der Waals surface area contributed by atoms with Crippen molar-refractivity contribution in [3.05, 3.63) is 63.7 Å². The lowest BCUT2D eigenvalue weighted by Crippen LogP contribution is -2.50. The average molecular weight is 413 g/mol. The molecule has 0 saturated carbocycles. The molecular formula is C21H23N3O6. The van der Waals surface area contributed by atoms with Gasteiger partial charge in [0.05, 0.1) is 18.0 Å². The number of nitrogens with zero attached hydrogens (tertiary/aromatic N) is 3. The number of aromatic hydroxyl groups is 1. The molecule has 0 unspecified atom stereocenters. The van der Waals surface area contributed by atoms with E-state index in [4.69, 9.17) is 4.74 Å². The van der Waals surface area contributed by atoms with Crippen LogP contribution in [0.2, 0.25) is 0 Å². The van der Waals surface area contributed by atoms with Crippen LogP contribution in [0, 0.1) is 17.0 Å². The number of carbonyl (C=O) groups excluding carboxylic acids is 2. The number of phenolic OH excluding ortho intramolecular Hbond substituents is 1. The van der Waals surface area contributed by atoms with E-state index in [1.807, 2.05) is 0 Å². The molecule has 9 heteroatoms. The van der Waals surface area contributed by atoms with Gasteiger partial charge < -0.3 is 19.6 Å². The quantitative estimate of drug-likeness (QED) is 0.575. The minimum Gasteiger partial charge on any atom is -0.508 e. The molecule has 0 radical (unpaired) electrons. The lowest BCUT2D eigenvalue weighted by molar-refractivity contribution is -0.384. The summed E-state index contributed by atoms with van der Waals surface area (Å²) in [5.41, 5.74) is 1.13. The molecule has 9 nitrogen and oxygen atoms in total. The third-order valence-electron chi connectivity index (χ3n) is 4.98. The highest BCUT2D eigenvalue weighted by Gasteiger charge is 2.24. The fourth-order valence-electron chi connectivity index (χ4n) is 3.26. The topological polar surface area (TPSA) is 113 Å². The minimum atomic E-state index is -0.466. The van der Waals surface area contributed by atoms with E-state index in [2.05, 4.69) is 0 Å². The van der Waals surface area contributed by atoms with Gasteiger partial charge in [0.15, 0.2) is 0 Å². The summed E-state index contributed by atoms with van der Waals surface area (Å²) in [5, 5.41) is 20.1. The zero-order chi connectivity index (χ0) is 21.7. The van der Waals surface area contributed by atoms with Crippen LogP contribution in [-0.4, -0.2) is 64.4 Å². The Morgan fingerprint density at radius 3 is 2.30 bits per heavy atom. The molecule has 0 bridgehead atoms. The number of hydrogen-bond donors (Lipinski definition) is 1. The van der Waals surface area contributed by atoms with E-state index in [0.29, 0.717) is 43.1 Å². The third-order valence-corrected chi connectivity index (χ3v) is 4.98. The number of hydrogen-bond acceptors (Lipinski definition) is 6. The number of non-ortho nitro benzene ring substituents is 1. The average Bonchev–Trinajstić information content (AvgIpc) is 2.74. The van der Waals surface area contributed by atoms with Crippen LogP contribution in [0.25, 0.3) is 0 Å². The Bertz CT molecular complexity index is 936. The summed E-state index contributed by atoms with van der Waals surface area (Å²) < 4.78 is 5.60. The lowest BCUT2D eigenvalue weighted by atomic mass is 10.1. The van der Waals surface area contributed by atoms with Gasteiger partial charge in [0.1, 0.15) is 11.5 Å². The first-order valence-electron chi connectivity index (χ1n) is 9.59. The van der Waals surface area contributed by atoms with Crippen molar-refractivity contribution in [3.8, 4) is 11.5 Å². The molecule has 2 aromatic carbocycles. The van der Waals surface area contributed by atoms with Gasteiger partial charge in [0, 0.05) is 43.9 Å². The van der Waals surface area contributed by atoms with Crippen LogP contribution in [0.5, 0.6) is 11.5 Å². The second kappa shape index (κ2) is 9.25. The van der Waals surface area contributed by atoms with Gasteiger partial charge in [-0.3, -0.25) is 19.7 Å². The summed E-state index contributed by atoms with van der Waals surface area (Å²) >= 11 is 0. The van der Waals surface area contributed by atoms with Gasteiger partial charge in [0.2, 0.25) is 5.91 Å². The molecule has 0 spiro atoms. The smallest absolute Gasteiger partial charge is 0.269 e. The largest absolute Gasteiger partial charge is 0.508 e. The van der Waals surface area contributed by atoms with E-state index in [1.165, 1.54) is 30.3 Å². The lowest BCUT2D eigenvalue weighted by Gasteiger charge is -2.35. The fourth-order valence-corrected chi connectivity index (χ4v) is 3.26. The maximum absolute atomic E-state index is 12.5. The van der Waals surface area contributed by atoms with Crippen molar-refractivity contribution in [1.82, 2.24) is 9.80 Å². The number of ether oxygens (including phenoxy) is 1. The maximum atomic E-state index is 12.5. The first kappa shape index (κ1) is 21.1. The number of aryl methyl sites for hydroxylation is 1. The predicted molar refractivity (Wildman–Crippen MR) is 109 cm³/mol. The summed E-state index contributed by atoms with van der Waals surface area (Å²) in [5.74, 6) is 0.427. The van der Waals surface area contributed by atoms with Gasteiger partial charge in [-0.1, -0.05) is 0 Å². The van der Waals surface area contributed by atoms with Gasteiger partial charge in [-0.2, -0.15) is 0 Å². The van der Waals surface area contributed by atoms with E-state index in [0.717, 1.165) is 0 Å². The molecule has 1 N–H and O–H groups in total. The second-order valence-corrected chi connectivity index (χ2v) is 7.03. The third kappa shape index (κ3) is 5.05. The summed E-state index contributed by atoms with van der Waals surface area (Å²) in [6.07, 6.45) is 0.183. The van der Waals surface area contributed by atoms with Crippen molar-refractivity contribution in [3.63, 3.8) is 0 Å². The van der Waals surface area contributed by atoms with Crippen molar-refractivity contribution in [1.29, 1.82) is 0 Å². The second-order valence-electron chi connectivity index (χ2n) is 7.03. The SMILES string of the molecule is Cc1cc([N+](=O)[O-])ccc1OCCC(=O)N1CCN(C(=O)c2ccc(O)cc2)CC1. The Balaban J connectivity index is 1.45. The Kier molecular flexibility index (Phi) is 6.51. The highest BCUT2D eigenvalue weighted by molar-refractivity contribution is 5.94. The van der Waals surface area contributed by atoms with E-state index in [-0.39, 0.29) is 36.3 Å². The Hall–Kier alpha value is -3.62. The summed E-state index contributed by atoms with van der Waals surface area (Å²) in [6, 6.07) is 10.4. The Labute approximate surface area is 173 Å². The van der Waals surface area contributed by atoms with E-state index in [1.54, 1.807) is 28.9 Å². The zero-order valence-corrected chi connectivity index (χ0v) is 16.6. The van der Waals surface area contributed by atoms with E-state index in [9.17, 15) is 24.8 Å². The van der Waals surface area contributed by atoms with Crippen LogP contribution < -0.4 is 4.74 Å². The van der Waals surface area contributed by atoms with Crippen molar-refractivity contribution < 1.29 is 24.4 Å². The molecule has 1 fully saturated rings. The number of rotatable bonds is 6. The molecule has 2 amide bonds. The molecule has 0 aromatic heterocycles. The van der Waals surface area contributed by atoms with Crippen molar-refractivity contribution in [2.45, 2.75) is 13.3 Å². The number of piperazine rings is 1. The Morgan fingerprint density at radius 1 is 1.07 bits per heavy atom. The van der Waals surface area contributed by atoms with E-state index >= 15 is 0 Å². The minimum absolute atomic E-state index is 0.00403. The Morgan fingerprint density at radius 2 is 1.70 bits per heavy atom. The van der Waals surface area contributed by atoms with E-state index < -0.39 is 4.92 Å². The normalized spacial score (nSPS) is 13.8. The molecule has 158 valence electrons. The fraction of sp³-hybridized carbons (Fsp3) is 0.333.